The van der Waals surface area contributed by atoms with Crippen LogP contribution in [0.4, 0.5) is 0 Å². The number of amides is 1. The van der Waals surface area contributed by atoms with Crippen LogP contribution in [-0.4, -0.2) is 11.0 Å². The van der Waals surface area contributed by atoms with Crippen molar-refractivity contribution in [2.45, 2.75) is 13.0 Å². The minimum absolute atomic E-state index is 0.00289. The summed E-state index contributed by atoms with van der Waals surface area (Å²) in [5.41, 5.74) is 1.09. The third kappa shape index (κ3) is 3.59. The van der Waals surface area contributed by atoms with Crippen molar-refractivity contribution >= 4 is 56.3 Å². The molecule has 1 aromatic heterocycles. The molecule has 0 aliphatic rings. The van der Waals surface area contributed by atoms with E-state index in [1.165, 1.54) is 11.3 Å². The maximum Gasteiger partial charge on any atom is 0.269 e. The van der Waals surface area contributed by atoms with E-state index in [-0.39, 0.29) is 17.1 Å². The lowest BCUT2D eigenvalue weighted by atomic mass is 10.1. The van der Waals surface area contributed by atoms with Crippen molar-refractivity contribution in [2.24, 2.45) is 0 Å². The van der Waals surface area contributed by atoms with E-state index in [9.17, 15) is 4.79 Å². The number of benzene rings is 2. The van der Waals surface area contributed by atoms with Crippen molar-refractivity contribution in [1.82, 2.24) is 10.6 Å². The molecule has 1 unspecified atom stereocenters. The normalized spacial score (nSPS) is 11.9. The number of carbonyl (C=O) groups is 1. The molecule has 3 aromatic rings. The fourth-order valence-corrected chi connectivity index (χ4v) is 4.06. The predicted octanol–water partition coefficient (Wildman–Crippen LogP) is 4.92. The van der Waals surface area contributed by atoms with Crippen LogP contribution in [0.3, 0.4) is 0 Å². The third-order valence-corrected chi connectivity index (χ3v) is 5.51. The molecule has 0 saturated heterocycles. The highest BCUT2D eigenvalue weighted by atomic mass is 35.5. The zero-order valence-corrected chi connectivity index (χ0v) is 15.3. The van der Waals surface area contributed by atoms with Gasteiger partial charge in [0.2, 0.25) is 0 Å². The molecule has 6 heteroatoms. The van der Waals surface area contributed by atoms with Crippen molar-refractivity contribution in [2.75, 3.05) is 0 Å². The summed E-state index contributed by atoms with van der Waals surface area (Å²) in [5.74, 6) is -0.293. The number of halogens is 1. The van der Waals surface area contributed by atoms with Crippen LogP contribution in [0.5, 0.6) is 0 Å². The Kier molecular flexibility index (Phi) is 5.14. The Hall–Kier alpha value is -1.95. The summed E-state index contributed by atoms with van der Waals surface area (Å²) in [6.07, 6.45) is 0. The molecule has 3 rings (SSSR count). The van der Waals surface area contributed by atoms with E-state index in [0.29, 0.717) is 9.90 Å². The lowest BCUT2D eigenvalue weighted by molar-refractivity contribution is 0.0980. The second-order valence-electron chi connectivity index (χ2n) is 5.30. The zero-order valence-electron chi connectivity index (χ0n) is 12.9. The van der Waals surface area contributed by atoms with E-state index in [2.05, 4.69) is 10.6 Å². The monoisotopic (exact) mass is 374 g/mol. The van der Waals surface area contributed by atoms with Gasteiger partial charge in [-0.25, -0.2) is 0 Å². The molecule has 1 amide bonds. The van der Waals surface area contributed by atoms with E-state index in [1.54, 1.807) is 0 Å². The van der Waals surface area contributed by atoms with Crippen LogP contribution in [-0.2, 0) is 0 Å². The van der Waals surface area contributed by atoms with Crippen molar-refractivity contribution in [3.63, 3.8) is 0 Å². The lowest BCUT2D eigenvalue weighted by Gasteiger charge is -2.16. The van der Waals surface area contributed by atoms with Crippen molar-refractivity contribution < 1.29 is 4.79 Å². The number of carbonyl (C=O) groups excluding carboxylic acids is 1. The van der Waals surface area contributed by atoms with Gasteiger partial charge in [-0.15, -0.1) is 11.3 Å². The summed E-state index contributed by atoms with van der Waals surface area (Å²) in [7, 11) is 0. The molecule has 3 nitrogen and oxygen atoms in total. The number of thiocarbonyl (C=S) groups is 1. The van der Waals surface area contributed by atoms with Gasteiger partial charge in [-0.1, -0.05) is 60.1 Å². The molecule has 0 radical (unpaired) electrons. The van der Waals surface area contributed by atoms with Gasteiger partial charge >= 0.3 is 0 Å². The second kappa shape index (κ2) is 7.30. The van der Waals surface area contributed by atoms with Crippen LogP contribution in [0.25, 0.3) is 10.1 Å². The minimum atomic E-state index is -0.293. The van der Waals surface area contributed by atoms with Gasteiger partial charge in [0.05, 0.1) is 11.1 Å². The third-order valence-electron chi connectivity index (χ3n) is 3.62. The summed E-state index contributed by atoms with van der Waals surface area (Å²) in [5, 5.41) is 7.44. The first kappa shape index (κ1) is 16.9. The van der Waals surface area contributed by atoms with Gasteiger partial charge in [0, 0.05) is 10.1 Å². The first-order chi connectivity index (χ1) is 11.6. The fourth-order valence-electron chi connectivity index (χ4n) is 2.38. The molecular weight excluding hydrogens is 360 g/mol. The van der Waals surface area contributed by atoms with Gasteiger partial charge in [0.1, 0.15) is 4.88 Å². The quantitative estimate of drug-likeness (QED) is 0.639. The Morgan fingerprint density at radius 3 is 2.50 bits per heavy atom. The summed E-state index contributed by atoms with van der Waals surface area (Å²) in [4.78, 5) is 12.9. The number of nitrogens with one attached hydrogen (secondary N) is 2. The first-order valence-electron chi connectivity index (χ1n) is 7.40. The molecule has 2 aromatic carbocycles. The fraction of sp³-hybridized carbons (Fsp3) is 0.111. The van der Waals surface area contributed by atoms with Crippen LogP contribution in [0.2, 0.25) is 5.02 Å². The molecule has 0 aliphatic carbocycles. The van der Waals surface area contributed by atoms with Crippen molar-refractivity contribution in [3.8, 4) is 0 Å². The molecule has 24 heavy (non-hydrogen) atoms. The molecule has 1 heterocycles. The maximum atomic E-state index is 12.5. The number of thiophene rings is 1. The van der Waals surface area contributed by atoms with Crippen LogP contribution in [0.15, 0.2) is 54.6 Å². The molecular formula is C18H15ClN2OS2. The molecule has 0 bridgehead atoms. The number of fused-ring (bicyclic) bond motifs is 1. The Bertz CT molecular complexity index is 892. The first-order valence-corrected chi connectivity index (χ1v) is 9.00. The smallest absolute Gasteiger partial charge is 0.269 e. The highest BCUT2D eigenvalue weighted by molar-refractivity contribution is 7.80. The van der Waals surface area contributed by atoms with E-state index in [1.807, 2.05) is 61.5 Å². The van der Waals surface area contributed by atoms with Crippen molar-refractivity contribution in [1.29, 1.82) is 0 Å². The minimum Gasteiger partial charge on any atom is -0.356 e. The number of hydrogen-bond acceptors (Lipinski definition) is 3. The lowest BCUT2D eigenvalue weighted by Crippen LogP contribution is -2.40. The Balaban J connectivity index is 1.69. The molecule has 0 spiro atoms. The van der Waals surface area contributed by atoms with E-state index in [0.717, 1.165) is 15.6 Å². The predicted molar refractivity (Wildman–Crippen MR) is 105 cm³/mol. The van der Waals surface area contributed by atoms with E-state index in [4.69, 9.17) is 23.8 Å². The largest absolute Gasteiger partial charge is 0.356 e. The Morgan fingerprint density at radius 2 is 1.79 bits per heavy atom. The number of rotatable bonds is 3. The summed E-state index contributed by atoms with van der Waals surface area (Å²) in [6, 6.07) is 17.6. The molecule has 2 N–H and O–H groups in total. The maximum absolute atomic E-state index is 12.5. The topological polar surface area (TPSA) is 41.1 Å². The number of hydrogen-bond donors (Lipinski definition) is 2. The average Bonchev–Trinajstić information content (AvgIpc) is 2.93. The van der Waals surface area contributed by atoms with Crippen LogP contribution >= 0.6 is 35.2 Å². The molecule has 0 fully saturated rings. The van der Waals surface area contributed by atoms with Gasteiger partial charge in [-0.2, -0.15) is 0 Å². The second-order valence-corrected chi connectivity index (χ2v) is 7.14. The Morgan fingerprint density at radius 1 is 1.12 bits per heavy atom. The molecule has 1 atom stereocenters. The van der Waals surface area contributed by atoms with Gasteiger partial charge in [-0.05, 0) is 30.8 Å². The zero-order chi connectivity index (χ0) is 17.1. The standard InChI is InChI=1S/C18H15ClN2OS2/c1-11(12-7-3-2-4-8-12)20-18(23)21-17(22)16-15(19)13-9-5-6-10-14(13)24-16/h2-11H,1H3,(H2,20,21,22,23). The molecule has 0 aliphatic heterocycles. The molecule has 122 valence electrons. The summed E-state index contributed by atoms with van der Waals surface area (Å²) < 4.78 is 0.976. The van der Waals surface area contributed by atoms with Gasteiger partial charge in [-0.3, -0.25) is 10.1 Å². The van der Waals surface area contributed by atoms with Gasteiger partial charge in [0.25, 0.3) is 5.91 Å². The molecule has 0 saturated carbocycles. The van der Waals surface area contributed by atoms with Crippen molar-refractivity contribution in [3.05, 3.63) is 70.1 Å². The average molecular weight is 375 g/mol. The van der Waals surface area contributed by atoms with Crippen LogP contribution in [0.1, 0.15) is 28.2 Å². The van der Waals surface area contributed by atoms with E-state index >= 15 is 0 Å². The SMILES string of the molecule is CC(NC(=S)NC(=O)c1sc2ccccc2c1Cl)c1ccccc1. The van der Waals surface area contributed by atoms with Gasteiger partial charge in [0.15, 0.2) is 5.11 Å². The highest BCUT2D eigenvalue weighted by Gasteiger charge is 2.18. The van der Waals surface area contributed by atoms with E-state index < -0.39 is 0 Å². The Labute approximate surface area is 154 Å². The highest BCUT2D eigenvalue weighted by Crippen LogP contribution is 2.34. The summed E-state index contributed by atoms with van der Waals surface area (Å²) in [6.45, 7) is 1.99. The van der Waals surface area contributed by atoms with Crippen LogP contribution in [0, 0.1) is 0 Å². The summed E-state index contributed by atoms with van der Waals surface area (Å²) >= 11 is 12.9. The van der Waals surface area contributed by atoms with Crippen LogP contribution < -0.4 is 10.6 Å². The van der Waals surface area contributed by atoms with Gasteiger partial charge < -0.3 is 5.32 Å².